The van der Waals surface area contributed by atoms with Crippen LogP contribution in [0.1, 0.15) is 44.2 Å². The minimum absolute atomic E-state index is 0.756. The third-order valence-corrected chi connectivity index (χ3v) is 3.09. The first-order chi connectivity index (χ1) is 8.88. The van der Waals surface area contributed by atoms with Gasteiger partial charge in [-0.25, -0.2) is 0 Å². The first-order valence-corrected chi connectivity index (χ1v) is 7.23. The van der Waals surface area contributed by atoms with Gasteiger partial charge in [0, 0.05) is 6.61 Å². The van der Waals surface area contributed by atoms with E-state index in [0.717, 1.165) is 32.7 Å². The number of unbranched alkanes of at least 4 members (excludes halogenated alkanes) is 2. The van der Waals surface area contributed by atoms with Gasteiger partial charge in [0.15, 0.2) is 0 Å². The maximum atomic E-state index is 5.75. The number of hydrogen-bond acceptors (Lipinski definition) is 2. The van der Waals surface area contributed by atoms with Crippen molar-refractivity contribution in [2.24, 2.45) is 0 Å². The summed E-state index contributed by atoms with van der Waals surface area (Å²) >= 11 is 0. The number of rotatable bonds is 10. The summed E-state index contributed by atoms with van der Waals surface area (Å²) in [7, 11) is 0. The second kappa shape index (κ2) is 10.1. The van der Waals surface area contributed by atoms with E-state index < -0.39 is 0 Å². The lowest BCUT2D eigenvalue weighted by atomic mass is 10.1. The highest BCUT2D eigenvalue weighted by molar-refractivity contribution is 5.26. The molecule has 102 valence electrons. The van der Waals surface area contributed by atoms with Crippen LogP contribution in [0.4, 0.5) is 0 Å². The minimum atomic E-state index is 0.756. The molecular formula is C16H27NO. The molecule has 0 radical (unpaired) electrons. The minimum Gasteiger partial charge on any atom is -0.377 e. The predicted molar refractivity (Wildman–Crippen MR) is 77.9 cm³/mol. The van der Waals surface area contributed by atoms with Gasteiger partial charge in [-0.05, 0) is 37.1 Å². The summed E-state index contributed by atoms with van der Waals surface area (Å²) in [6, 6.07) is 8.60. The van der Waals surface area contributed by atoms with Gasteiger partial charge >= 0.3 is 0 Å². The van der Waals surface area contributed by atoms with Gasteiger partial charge in [-0.15, -0.1) is 0 Å². The molecule has 0 aliphatic heterocycles. The van der Waals surface area contributed by atoms with E-state index in [9.17, 15) is 0 Å². The molecule has 1 aromatic carbocycles. The van der Waals surface area contributed by atoms with Crippen molar-refractivity contribution in [2.75, 3.05) is 19.7 Å². The summed E-state index contributed by atoms with van der Waals surface area (Å²) in [4.78, 5) is 0. The van der Waals surface area contributed by atoms with Crippen LogP contribution in [0, 0.1) is 0 Å². The van der Waals surface area contributed by atoms with Gasteiger partial charge in [0.25, 0.3) is 0 Å². The van der Waals surface area contributed by atoms with Crippen LogP contribution in [0.5, 0.6) is 0 Å². The third kappa shape index (κ3) is 6.18. The van der Waals surface area contributed by atoms with Gasteiger partial charge in [0.1, 0.15) is 0 Å². The summed E-state index contributed by atoms with van der Waals surface area (Å²) in [5.41, 5.74) is 2.75. The van der Waals surface area contributed by atoms with E-state index in [1.807, 2.05) is 0 Å². The van der Waals surface area contributed by atoms with Crippen LogP contribution in [-0.2, 0) is 17.8 Å². The van der Waals surface area contributed by atoms with E-state index >= 15 is 0 Å². The average Bonchev–Trinajstić information content (AvgIpc) is 2.40. The second-order valence-electron chi connectivity index (χ2n) is 4.63. The molecule has 1 aromatic rings. The molecule has 2 heteroatoms. The number of hydrogen-bond donors (Lipinski definition) is 1. The van der Waals surface area contributed by atoms with Crippen molar-refractivity contribution in [3.63, 3.8) is 0 Å². The Labute approximate surface area is 112 Å². The zero-order valence-electron chi connectivity index (χ0n) is 11.9. The summed E-state index contributed by atoms with van der Waals surface area (Å²) < 4.78 is 5.75. The lowest BCUT2D eigenvalue weighted by Gasteiger charge is -2.10. The van der Waals surface area contributed by atoms with Gasteiger partial charge in [0.05, 0.1) is 6.61 Å². The van der Waals surface area contributed by atoms with Crippen LogP contribution in [-0.4, -0.2) is 19.7 Å². The fourth-order valence-corrected chi connectivity index (χ4v) is 1.98. The predicted octanol–water partition coefficient (Wildman–Crippen LogP) is 3.55. The number of nitrogens with one attached hydrogen (secondary N) is 1. The molecule has 0 heterocycles. The molecular weight excluding hydrogens is 222 g/mol. The maximum absolute atomic E-state index is 5.75. The Morgan fingerprint density at radius 1 is 1.06 bits per heavy atom. The molecule has 0 unspecified atom stereocenters. The molecule has 0 aliphatic carbocycles. The van der Waals surface area contributed by atoms with E-state index in [2.05, 4.69) is 43.4 Å². The topological polar surface area (TPSA) is 21.3 Å². The van der Waals surface area contributed by atoms with Crippen molar-refractivity contribution in [2.45, 2.75) is 46.1 Å². The van der Waals surface area contributed by atoms with Crippen molar-refractivity contribution in [3.8, 4) is 0 Å². The first kappa shape index (κ1) is 15.2. The Kier molecular flexibility index (Phi) is 8.53. The van der Waals surface area contributed by atoms with E-state index in [1.165, 1.54) is 30.4 Å². The molecule has 0 aliphatic rings. The highest BCUT2D eigenvalue weighted by Crippen LogP contribution is 2.11. The Balaban J connectivity index is 2.33. The van der Waals surface area contributed by atoms with Crippen molar-refractivity contribution in [3.05, 3.63) is 35.4 Å². The summed E-state index contributed by atoms with van der Waals surface area (Å²) in [5.74, 6) is 0. The maximum Gasteiger partial charge on any atom is 0.0719 e. The second-order valence-corrected chi connectivity index (χ2v) is 4.63. The molecule has 0 bridgehead atoms. The summed E-state index contributed by atoms with van der Waals surface area (Å²) in [5, 5.41) is 3.37. The van der Waals surface area contributed by atoms with Gasteiger partial charge in [-0.1, -0.05) is 51.0 Å². The van der Waals surface area contributed by atoms with Crippen molar-refractivity contribution in [1.82, 2.24) is 5.32 Å². The number of likely N-dealkylation sites (N-methyl/N-ethyl adjacent to an activating group) is 1. The van der Waals surface area contributed by atoms with Gasteiger partial charge in [-0.2, -0.15) is 0 Å². The molecule has 0 aromatic heterocycles. The van der Waals surface area contributed by atoms with Crippen molar-refractivity contribution in [1.29, 1.82) is 0 Å². The Bertz CT molecular complexity index is 312. The standard InChI is InChI=1S/C16H27NO/c1-3-5-8-13-18-14-16-10-7-6-9-15(16)11-12-17-4-2/h6-7,9-10,17H,3-5,8,11-14H2,1-2H3. The van der Waals surface area contributed by atoms with Gasteiger partial charge in [0.2, 0.25) is 0 Å². The molecule has 0 atom stereocenters. The molecule has 0 amide bonds. The highest BCUT2D eigenvalue weighted by atomic mass is 16.5. The van der Waals surface area contributed by atoms with E-state index in [1.54, 1.807) is 0 Å². The molecule has 0 saturated heterocycles. The fourth-order valence-electron chi connectivity index (χ4n) is 1.98. The van der Waals surface area contributed by atoms with Crippen molar-refractivity contribution >= 4 is 0 Å². The Morgan fingerprint density at radius 3 is 2.56 bits per heavy atom. The zero-order chi connectivity index (χ0) is 13.1. The average molecular weight is 249 g/mol. The van der Waals surface area contributed by atoms with E-state index in [0.29, 0.717) is 0 Å². The Morgan fingerprint density at radius 2 is 1.83 bits per heavy atom. The van der Waals surface area contributed by atoms with E-state index in [-0.39, 0.29) is 0 Å². The lowest BCUT2D eigenvalue weighted by Crippen LogP contribution is -2.16. The van der Waals surface area contributed by atoms with Crippen LogP contribution in [0.3, 0.4) is 0 Å². The highest BCUT2D eigenvalue weighted by Gasteiger charge is 2.01. The normalized spacial score (nSPS) is 10.8. The van der Waals surface area contributed by atoms with Gasteiger partial charge < -0.3 is 10.1 Å². The molecule has 0 saturated carbocycles. The Hall–Kier alpha value is -0.860. The smallest absolute Gasteiger partial charge is 0.0719 e. The number of benzene rings is 1. The van der Waals surface area contributed by atoms with Crippen LogP contribution in [0.2, 0.25) is 0 Å². The van der Waals surface area contributed by atoms with Crippen LogP contribution in [0.25, 0.3) is 0 Å². The summed E-state index contributed by atoms with van der Waals surface area (Å²) in [6.07, 6.45) is 4.78. The van der Waals surface area contributed by atoms with Crippen LogP contribution >= 0.6 is 0 Å². The first-order valence-electron chi connectivity index (χ1n) is 7.23. The SMILES string of the molecule is CCCCCOCc1ccccc1CCNCC. The number of ether oxygens (including phenoxy) is 1. The van der Waals surface area contributed by atoms with Crippen LogP contribution in [0.15, 0.2) is 24.3 Å². The quantitative estimate of drug-likeness (QED) is 0.640. The zero-order valence-corrected chi connectivity index (χ0v) is 11.9. The van der Waals surface area contributed by atoms with Crippen LogP contribution < -0.4 is 5.32 Å². The van der Waals surface area contributed by atoms with Crippen molar-refractivity contribution < 1.29 is 4.74 Å². The molecule has 1 N–H and O–H groups in total. The molecule has 18 heavy (non-hydrogen) atoms. The largest absolute Gasteiger partial charge is 0.377 e. The lowest BCUT2D eigenvalue weighted by molar-refractivity contribution is 0.116. The monoisotopic (exact) mass is 249 g/mol. The third-order valence-electron chi connectivity index (χ3n) is 3.09. The molecule has 0 fully saturated rings. The van der Waals surface area contributed by atoms with Gasteiger partial charge in [-0.3, -0.25) is 0 Å². The molecule has 1 rings (SSSR count). The molecule has 2 nitrogen and oxygen atoms in total. The fraction of sp³-hybridized carbons (Fsp3) is 0.625. The summed E-state index contributed by atoms with van der Waals surface area (Å²) in [6.45, 7) is 8.08. The molecule has 0 spiro atoms. The van der Waals surface area contributed by atoms with E-state index in [4.69, 9.17) is 4.74 Å².